The van der Waals surface area contributed by atoms with Crippen LogP contribution in [-0.4, -0.2) is 4.57 Å². The maximum atomic E-state index is 7.64. The standard InChI is InChI=1S/C10H9N.W.Y/c1-8-4-3-5-10-9(8)6-7-11(10)2;;/h4-6H,1-2H3;;/q-2;;/i6T;;. The summed E-state index contributed by atoms with van der Waals surface area (Å²) in [5, 5.41) is 0.983. The van der Waals surface area contributed by atoms with Crippen molar-refractivity contribution in [2.75, 3.05) is 0 Å². The van der Waals surface area contributed by atoms with E-state index in [1.165, 1.54) is 0 Å². The third-order valence-corrected chi connectivity index (χ3v) is 1.88. The van der Waals surface area contributed by atoms with E-state index in [0.29, 0.717) is 6.04 Å². The summed E-state index contributed by atoms with van der Waals surface area (Å²) < 4.78 is 9.47. The van der Waals surface area contributed by atoms with Crippen molar-refractivity contribution in [2.45, 2.75) is 6.92 Å². The topological polar surface area (TPSA) is 4.93 Å². The Morgan fingerprint density at radius 1 is 1.46 bits per heavy atom. The molecule has 1 aromatic carbocycles. The van der Waals surface area contributed by atoms with Gasteiger partial charge in [-0.15, -0.1) is 11.7 Å². The molecule has 65 valence electrons. The van der Waals surface area contributed by atoms with Crippen molar-refractivity contribution in [3.8, 4) is 0 Å². The van der Waals surface area contributed by atoms with Gasteiger partial charge in [-0.1, -0.05) is 6.92 Å². The molecule has 0 aliphatic heterocycles. The average molecular weight is 418 g/mol. The minimum atomic E-state index is 0. The Morgan fingerprint density at radius 2 is 2.15 bits per heavy atom. The first kappa shape index (κ1) is 11.6. The molecule has 3 heteroatoms. The quantitative estimate of drug-likeness (QED) is 0.578. The monoisotopic (exact) mass is 418 g/mol. The normalized spacial score (nSPS) is 10.2. The van der Waals surface area contributed by atoms with E-state index in [0.717, 1.165) is 16.5 Å². The zero-order valence-electron chi connectivity index (χ0n) is 8.59. The molecule has 0 aliphatic rings. The van der Waals surface area contributed by atoms with E-state index in [-0.39, 0.29) is 53.8 Å². The molecule has 0 bridgehead atoms. The molecule has 0 unspecified atom stereocenters. The molecule has 0 saturated heterocycles. The van der Waals surface area contributed by atoms with Crippen molar-refractivity contribution in [1.29, 1.82) is 0 Å². The van der Waals surface area contributed by atoms with E-state index in [1.54, 1.807) is 0 Å². The molecule has 1 aromatic heterocycles. The molecule has 0 spiro atoms. The largest absolute Gasteiger partial charge is 0.468 e. The molecule has 0 amide bonds. The Bertz CT molecular complexity index is 439. The molecule has 0 atom stereocenters. The SMILES string of the molecule is [3H]c1[c-]n(C)c2c[c-]cc(C)c12.[W].[Y]. The number of rotatable bonds is 0. The smallest absolute Gasteiger partial charge is 0.0333 e. The third kappa shape index (κ3) is 2.52. The third-order valence-electron chi connectivity index (χ3n) is 1.88. The van der Waals surface area contributed by atoms with Crippen LogP contribution in [0, 0.1) is 19.2 Å². The fourth-order valence-corrected chi connectivity index (χ4v) is 1.22. The van der Waals surface area contributed by atoms with Crippen LogP contribution in [0.3, 0.4) is 0 Å². The molecular formula is C10H9NWY-2. The molecule has 0 aliphatic carbocycles. The second-order valence-electron chi connectivity index (χ2n) is 2.69. The second kappa shape index (κ2) is 5.44. The number of hydrogen-bond donors (Lipinski definition) is 0. The van der Waals surface area contributed by atoms with Crippen LogP contribution < -0.4 is 0 Å². The Hall–Kier alpha value is 0.552. The van der Waals surface area contributed by atoms with Crippen molar-refractivity contribution in [3.63, 3.8) is 0 Å². The number of nitrogens with zero attached hydrogens (tertiary/aromatic N) is 1. The molecular weight excluding hydrogens is 407 g/mol. The Labute approximate surface area is 119 Å². The van der Waals surface area contributed by atoms with E-state index >= 15 is 0 Å². The van der Waals surface area contributed by atoms with E-state index in [2.05, 4.69) is 12.3 Å². The predicted octanol–water partition coefficient (Wildman–Crippen LogP) is 2.08. The number of benzene rings is 1. The molecule has 2 aromatic rings. The molecule has 0 fully saturated rings. The summed E-state index contributed by atoms with van der Waals surface area (Å²) in [7, 11) is 1.90. The van der Waals surface area contributed by atoms with E-state index in [4.69, 9.17) is 1.37 Å². The van der Waals surface area contributed by atoms with Crippen LogP contribution >= 0.6 is 0 Å². The summed E-state index contributed by atoms with van der Waals surface area (Å²) in [6.45, 7) is 1.99. The van der Waals surface area contributed by atoms with Gasteiger partial charge in [0.1, 0.15) is 0 Å². The van der Waals surface area contributed by atoms with Crippen molar-refractivity contribution in [2.24, 2.45) is 7.05 Å². The zero-order valence-corrected chi connectivity index (χ0v) is 13.4. The summed E-state index contributed by atoms with van der Waals surface area (Å²) in [6.07, 6.45) is 2.92. The summed E-state index contributed by atoms with van der Waals surface area (Å²) in [5.74, 6) is 0. The maximum absolute atomic E-state index is 7.64. The fourth-order valence-electron chi connectivity index (χ4n) is 1.22. The minimum absolute atomic E-state index is 0. The van der Waals surface area contributed by atoms with Gasteiger partial charge in [0, 0.05) is 55.1 Å². The van der Waals surface area contributed by atoms with Gasteiger partial charge in [-0.25, -0.2) is 10.9 Å². The zero-order chi connectivity index (χ0) is 8.72. The number of hydrogen-bond acceptors (Lipinski definition) is 0. The van der Waals surface area contributed by atoms with Crippen molar-refractivity contribution < 1.29 is 55.1 Å². The van der Waals surface area contributed by atoms with Gasteiger partial charge >= 0.3 is 0 Å². The molecule has 1 nitrogen and oxygen atoms in total. The summed E-state index contributed by atoms with van der Waals surface area (Å²) in [5.41, 5.74) is 2.12. The van der Waals surface area contributed by atoms with Crippen molar-refractivity contribution in [1.82, 2.24) is 4.57 Å². The Kier molecular flexibility index (Phi) is 4.86. The number of fused-ring (bicyclic) bond motifs is 1. The summed E-state index contributed by atoms with van der Waals surface area (Å²) >= 11 is 0. The van der Waals surface area contributed by atoms with Gasteiger partial charge in [0.25, 0.3) is 0 Å². The van der Waals surface area contributed by atoms with Gasteiger partial charge in [-0.3, -0.25) is 0 Å². The molecule has 0 saturated carbocycles. The summed E-state index contributed by atoms with van der Waals surface area (Å²) in [4.78, 5) is 0. The van der Waals surface area contributed by atoms with Crippen LogP contribution in [0.5, 0.6) is 0 Å². The van der Waals surface area contributed by atoms with Crippen LogP contribution in [0.1, 0.15) is 6.93 Å². The Morgan fingerprint density at radius 3 is 2.77 bits per heavy atom. The van der Waals surface area contributed by atoms with Gasteiger partial charge in [0.15, 0.2) is 0 Å². The first-order valence-corrected chi connectivity index (χ1v) is 3.55. The molecule has 1 radical (unpaired) electrons. The minimum Gasteiger partial charge on any atom is -0.468 e. The van der Waals surface area contributed by atoms with E-state index in [9.17, 15) is 0 Å². The molecule has 0 N–H and O–H groups in total. The van der Waals surface area contributed by atoms with Crippen LogP contribution in [0.4, 0.5) is 0 Å². The van der Waals surface area contributed by atoms with Gasteiger partial charge in [-0.2, -0.15) is 24.2 Å². The van der Waals surface area contributed by atoms with Crippen LogP contribution in [0.25, 0.3) is 10.9 Å². The Balaban J connectivity index is 0.000000845. The molecule has 2 rings (SSSR count). The number of aromatic nitrogens is 1. The van der Waals surface area contributed by atoms with E-state index < -0.39 is 0 Å². The molecule has 1 heterocycles. The number of aryl methyl sites for hydroxylation is 2. The molecule has 13 heavy (non-hydrogen) atoms. The van der Waals surface area contributed by atoms with Gasteiger partial charge in [0.05, 0.1) is 0 Å². The van der Waals surface area contributed by atoms with Gasteiger partial charge < -0.3 is 4.57 Å². The van der Waals surface area contributed by atoms with Gasteiger partial charge in [-0.05, 0) is 7.05 Å². The fraction of sp³-hybridized carbons (Fsp3) is 0.200. The summed E-state index contributed by atoms with van der Waals surface area (Å²) in [6, 6.07) is 7.29. The van der Waals surface area contributed by atoms with Crippen LogP contribution in [0.15, 0.2) is 18.2 Å². The van der Waals surface area contributed by atoms with E-state index in [1.807, 2.05) is 30.7 Å². The van der Waals surface area contributed by atoms with Crippen molar-refractivity contribution in [3.05, 3.63) is 36.0 Å². The maximum Gasteiger partial charge on any atom is 0.0333 e. The second-order valence-corrected chi connectivity index (χ2v) is 2.69. The first-order valence-electron chi connectivity index (χ1n) is 4.05. The van der Waals surface area contributed by atoms with Gasteiger partial charge in [0.2, 0.25) is 0 Å². The first-order chi connectivity index (χ1) is 5.70. The average Bonchev–Trinajstić information content (AvgIpc) is 2.29. The van der Waals surface area contributed by atoms with Crippen LogP contribution in [0.2, 0.25) is 0 Å². The predicted molar refractivity (Wildman–Crippen MR) is 45.3 cm³/mol. The van der Waals surface area contributed by atoms with Crippen molar-refractivity contribution >= 4 is 10.9 Å². The van der Waals surface area contributed by atoms with Crippen LogP contribution in [-0.2, 0) is 60.8 Å².